The average molecular weight is 306 g/mol. The SMILES string of the molecule is O=C(O)c1c2c(=O)oc(=O)c2c(C(=O)O)c2c(=O)oc(=O)c12. The summed E-state index contributed by atoms with van der Waals surface area (Å²) in [5.41, 5.74) is -7.68. The first kappa shape index (κ1) is 13.4. The summed E-state index contributed by atoms with van der Waals surface area (Å²) in [7, 11) is 0. The minimum atomic E-state index is -1.82. The Morgan fingerprint density at radius 3 is 1.00 bits per heavy atom. The Hall–Kier alpha value is -3.56. The molecule has 0 radical (unpaired) electrons. The van der Waals surface area contributed by atoms with E-state index in [1.165, 1.54) is 0 Å². The lowest BCUT2D eigenvalue weighted by Gasteiger charge is -2.01. The molecule has 0 fully saturated rings. The fraction of sp³-hybridized carbons (Fsp3) is 0. The van der Waals surface area contributed by atoms with E-state index in [4.69, 9.17) is 10.2 Å². The zero-order valence-corrected chi connectivity index (χ0v) is 10.2. The van der Waals surface area contributed by atoms with Gasteiger partial charge in [-0.05, 0) is 0 Å². The maximum absolute atomic E-state index is 11.6. The average Bonchev–Trinajstić information content (AvgIpc) is 2.85. The molecule has 2 N–H and O–H groups in total. The molecule has 0 spiro atoms. The molecule has 0 aliphatic carbocycles. The maximum Gasteiger partial charge on any atom is 0.347 e. The van der Waals surface area contributed by atoms with Crippen LogP contribution < -0.4 is 22.5 Å². The molecule has 0 aliphatic heterocycles. The van der Waals surface area contributed by atoms with Crippen molar-refractivity contribution < 1.29 is 28.6 Å². The van der Waals surface area contributed by atoms with Gasteiger partial charge in [0.2, 0.25) is 0 Å². The summed E-state index contributed by atoms with van der Waals surface area (Å²) in [6, 6.07) is 0. The molecule has 3 rings (SSSR count). The molecule has 0 saturated heterocycles. The number of aromatic carboxylic acids is 2. The van der Waals surface area contributed by atoms with E-state index in [-0.39, 0.29) is 0 Å². The van der Waals surface area contributed by atoms with Gasteiger partial charge >= 0.3 is 34.4 Å². The first-order valence-corrected chi connectivity index (χ1v) is 5.49. The van der Waals surface area contributed by atoms with E-state index in [1.807, 2.05) is 0 Å². The summed E-state index contributed by atoms with van der Waals surface area (Å²) in [4.78, 5) is 69.2. The first-order chi connectivity index (χ1) is 10.3. The molecular formula is C12H2O10. The number of carboxylic acids is 2. The lowest BCUT2D eigenvalue weighted by atomic mass is 9.96. The van der Waals surface area contributed by atoms with E-state index in [1.54, 1.807) is 0 Å². The second-order valence-corrected chi connectivity index (χ2v) is 4.21. The third kappa shape index (κ3) is 1.43. The smallest absolute Gasteiger partial charge is 0.347 e. The quantitative estimate of drug-likeness (QED) is 0.591. The van der Waals surface area contributed by atoms with Gasteiger partial charge < -0.3 is 19.0 Å². The summed E-state index contributed by atoms with van der Waals surface area (Å²) >= 11 is 0. The van der Waals surface area contributed by atoms with Crippen molar-refractivity contribution in [2.75, 3.05) is 0 Å². The third-order valence-corrected chi connectivity index (χ3v) is 3.12. The van der Waals surface area contributed by atoms with Gasteiger partial charge in [-0.25, -0.2) is 28.8 Å². The van der Waals surface area contributed by atoms with Crippen molar-refractivity contribution >= 4 is 33.5 Å². The van der Waals surface area contributed by atoms with Crippen LogP contribution in [0.2, 0.25) is 0 Å². The molecule has 0 aliphatic rings. The number of rotatable bonds is 2. The Kier molecular flexibility index (Phi) is 2.42. The third-order valence-electron chi connectivity index (χ3n) is 3.12. The van der Waals surface area contributed by atoms with Gasteiger partial charge in [0.25, 0.3) is 0 Å². The highest BCUT2D eigenvalue weighted by molar-refractivity contribution is 6.23. The van der Waals surface area contributed by atoms with Crippen molar-refractivity contribution in [3.05, 3.63) is 52.8 Å². The van der Waals surface area contributed by atoms with Gasteiger partial charge in [0.1, 0.15) is 0 Å². The fourth-order valence-corrected chi connectivity index (χ4v) is 2.37. The molecule has 0 saturated carbocycles. The zero-order valence-electron chi connectivity index (χ0n) is 10.2. The topological polar surface area (TPSA) is 169 Å². The first-order valence-electron chi connectivity index (χ1n) is 5.49. The highest BCUT2D eigenvalue weighted by atomic mass is 16.4. The highest BCUT2D eigenvalue weighted by Gasteiger charge is 2.32. The molecule has 10 nitrogen and oxygen atoms in total. The summed E-state index contributed by atoms with van der Waals surface area (Å²) in [5, 5.41) is 14.8. The Bertz CT molecular complexity index is 1020. The van der Waals surface area contributed by atoms with E-state index in [9.17, 15) is 28.8 Å². The van der Waals surface area contributed by atoms with Crippen LogP contribution in [-0.2, 0) is 0 Å². The van der Waals surface area contributed by atoms with E-state index < -0.39 is 67.1 Å². The Morgan fingerprint density at radius 1 is 0.591 bits per heavy atom. The Labute approximate surface area is 116 Å². The summed E-state index contributed by atoms with van der Waals surface area (Å²) in [6.07, 6.45) is 0. The minimum absolute atomic E-state index is 0.889. The number of benzene rings is 1. The van der Waals surface area contributed by atoms with Gasteiger partial charge in [-0.2, -0.15) is 0 Å². The van der Waals surface area contributed by atoms with E-state index in [0.29, 0.717) is 0 Å². The van der Waals surface area contributed by atoms with Gasteiger partial charge in [-0.15, -0.1) is 0 Å². The molecule has 0 bridgehead atoms. The molecule has 22 heavy (non-hydrogen) atoms. The number of hydrogen-bond acceptors (Lipinski definition) is 8. The predicted octanol–water partition coefficient (Wildman–Crippen LogP) is -1.11. The number of hydrogen-bond donors (Lipinski definition) is 2. The van der Waals surface area contributed by atoms with Crippen LogP contribution in [0.5, 0.6) is 0 Å². The molecular weight excluding hydrogens is 304 g/mol. The van der Waals surface area contributed by atoms with Crippen LogP contribution in [0.4, 0.5) is 0 Å². The standard InChI is InChI=1S/C12H2O10/c13-7(14)1-3-5(11(19)21-9(3)17)2(8(15)16)6-4(1)10(18)22-12(6)20/h(H,13,14)(H,15,16). The van der Waals surface area contributed by atoms with Crippen molar-refractivity contribution in [1.29, 1.82) is 0 Å². The van der Waals surface area contributed by atoms with Crippen LogP contribution in [0.15, 0.2) is 28.0 Å². The molecule has 3 aromatic rings. The number of fused-ring (bicyclic) bond motifs is 2. The van der Waals surface area contributed by atoms with Crippen LogP contribution in [0.25, 0.3) is 21.5 Å². The zero-order chi connectivity index (χ0) is 16.3. The van der Waals surface area contributed by atoms with Crippen molar-refractivity contribution in [3.8, 4) is 0 Å². The lowest BCUT2D eigenvalue weighted by Crippen LogP contribution is -2.13. The predicted molar refractivity (Wildman–Crippen MR) is 67.4 cm³/mol. The fourth-order valence-electron chi connectivity index (χ4n) is 2.37. The summed E-state index contributed by atoms with van der Waals surface area (Å²) in [6.45, 7) is 0. The van der Waals surface area contributed by atoms with Crippen molar-refractivity contribution in [1.82, 2.24) is 0 Å². The van der Waals surface area contributed by atoms with E-state index in [0.717, 1.165) is 0 Å². The lowest BCUT2D eigenvalue weighted by molar-refractivity contribution is 0.0687. The van der Waals surface area contributed by atoms with Crippen LogP contribution in [0, 0.1) is 0 Å². The van der Waals surface area contributed by atoms with Crippen LogP contribution >= 0.6 is 0 Å². The Morgan fingerprint density at radius 2 is 0.818 bits per heavy atom. The van der Waals surface area contributed by atoms with Crippen LogP contribution in [-0.4, -0.2) is 22.2 Å². The Balaban J connectivity index is 2.96. The monoisotopic (exact) mass is 306 g/mol. The highest BCUT2D eigenvalue weighted by Crippen LogP contribution is 2.26. The molecule has 0 atom stereocenters. The normalized spacial score (nSPS) is 11.3. The number of carboxylic acid groups (broad SMARTS) is 2. The summed E-state index contributed by atoms with van der Waals surface area (Å²) in [5.74, 6) is -3.63. The van der Waals surface area contributed by atoms with E-state index in [2.05, 4.69) is 8.83 Å². The van der Waals surface area contributed by atoms with Crippen molar-refractivity contribution in [2.45, 2.75) is 0 Å². The maximum atomic E-state index is 11.6. The van der Waals surface area contributed by atoms with Crippen molar-refractivity contribution in [3.63, 3.8) is 0 Å². The largest absolute Gasteiger partial charge is 0.478 e. The molecule has 0 amide bonds. The molecule has 110 valence electrons. The van der Waals surface area contributed by atoms with Gasteiger partial charge in [-0.3, -0.25) is 0 Å². The van der Waals surface area contributed by atoms with Gasteiger partial charge in [0, 0.05) is 0 Å². The van der Waals surface area contributed by atoms with Gasteiger partial charge in [-0.1, -0.05) is 0 Å². The molecule has 2 heterocycles. The van der Waals surface area contributed by atoms with Gasteiger partial charge in [0.15, 0.2) is 0 Å². The van der Waals surface area contributed by atoms with Crippen LogP contribution in [0.3, 0.4) is 0 Å². The second kappa shape index (κ2) is 3.97. The van der Waals surface area contributed by atoms with Crippen LogP contribution in [0.1, 0.15) is 20.7 Å². The van der Waals surface area contributed by atoms with Gasteiger partial charge in [0.05, 0.1) is 32.7 Å². The summed E-state index contributed by atoms with van der Waals surface area (Å²) < 4.78 is 8.39. The minimum Gasteiger partial charge on any atom is -0.478 e. The van der Waals surface area contributed by atoms with E-state index >= 15 is 0 Å². The second-order valence-electron chi connectivity index (χ2n) is 4.21. The number of furan rings is 2. The van der Waals surface area contributed by atoms with Crippen molar-refractivity contribution in [2.24, 2.45) is 0 Å². The molecule has 2 aromatic heterocycles. The molecule has 1 aromatic carbocycles. The molecule has 10 heteroatoms. The number of carbonyl (C=O) groups is 2. The molecule has 0 unspecified atom stereocenters.